The summed E-state index contributed by atoms with van der Waals surface area (Å²) in [4.78, 5) is 5.06. The van der Waals surface area contributed by atoms with Crippen LogP contribution in [-0.4, -0.2) is 75.7 Å². The Hall–Kier alpha value is -1.77. The van der Waals surface area contributed by atoms with Gasteiger partial charge in [-0.15, -0.1) is 24.8 Å². The SMILES string of the molecule is Cl.Cl.Fc1ccc([C@@H]2CCN(CCCN3CCOCC3)C[C@H]2COc2ccc3c(c2)OCO3)cc1. The molecule has 35 heavy (non-hydrogen) atoms. The summed E-state index contributed by atoms with van der Waals surface area (Å²) < 4.78 is 36.1. The molecule has 6 nitrogen and oxygen atoms in total. The Bertz CT molecular complexity index is 915. The Kier molecular flexibility index (Phi) is 10.7. The van der Waals surface area contributed by atoms with Crippen LogP contribution in [-0.2, 0) is 4.74 Å². The fourth-order valence-electron chi connectivity index (χ4n) is 5.14. The van der Waals surface area contributed by atoms with E-state index in [0.29, 0.717) is 18.4 Å². The van der Waals surface area contributed by atoms with Gasteiger partial charge in [0.25, 0.3) is 0 Å². The van der Waals surface area contributed by atoms with Crippen molar-refractivity contribution in [2.75, 3.05) is 65.9 Å². The monoisotopic (exact) mass is 528 g/mol. The van der Waals surface area contributed by atoms with Crippen LogP contribution in [0.15, 0.2) is 42.5 Å². The van der Waals surface area contributed by atoms with Crippen molar-refractivity contribution in [2.24, 2.45) is 5.92 Å². The van der Waals surface area contributed by atoms with Gasteiger partial charge in [-0.1, -0.05) is 12.1 Å². The normalized spacial score (nSPS) is 22.2. The van der Waals surface area contributed by atoms with Crippen molar-refractivity contribution in [3.05, 3.63) is 53.8 Å². The number of rotatable bonds is 8. The van der Waals surface area contributed by atoms with E-state index in [1.165, 1.54) is 5.56 Å². The fraction of sp³-hybridized carbons (Fsp3) is 0.538. The number of likely N-dealkylation sites (tertiary alicyclic amines) is 1. The Morgan fingerprint density at radius 3 is 2.43 bits per heavy atom. The van der Waals surface area contributed by atoms with Gasteiger partial charge in [0.1, 0.15) is 11.6 Å². The van der Waals surface area contributed by atoms with Crippen molar-refractivity contribution in [1.29, 1.82) is 0 Å². The average Bonchev–Trinajstić information content (AvgIpc) is 3.32. The van der Waals surface area contributed by atoms with Crippen LogP contribution >= 0.6 is 24.8 Å². The predicted molar refractivity (Wildman–Crippen MR) is 138 cm³/mol. The molecular formula is C26H35Cl2FN2O4. The topological polar surface area (TPSA) is 43.4 Å². The second kappa shape index (κ2) is 13.5. The standard InChI is InChI=1S/C26H33FN2O4.2ClH/c27-22-4-2-20(3-5-22)24-8-11-29(10-1-9-28-12-14-30-15-13-28)17-21(24)18-31-23-6-7-25-26(16-23)33-19-32-25;;/h2-7,16,21,24H,1,8-15,17-19H2;2*1H/t21-,24-;;/m0../s1. The van der Waals surface area contributed by atoms with Crippen LogP contribution in [0.5, 0.6) is 17.2 Å². The van der Waals surface area contributed by atoms with E-state index in [2.05, 4.69) is 9.80 Å². The molecular weight excluding hydrogens is 494 g/mol. The van der Waals surface area contributed by atoms with Gasteiger partial charge in [-0.25, -0.2) is 4.39 Å². The second-order valence-corrected chi connectivity index (χ2v) is 9.14. The lowest BCUT2D eigenvalue weighted by Crippen LogP contribution is -2.43. The van der Waals surface area contributed by atoms with Gasteiger partial charge in [-0.05, 0) is 68.2 Å². The summed E-state index contributed by atoms with van der Waals surface area (Å²) in [7, 11) is 0. The minimum absolute atomic E-state index is 0. The molecule has 0 unspecified atom stereocenters. The zero-order chi connectivity index (χ0) is 22.5. The smallest absolute Gasteiger partial charge is 0.231 e. The summed E-state index contributed by atoms with van der Waals surface area (Å²) in [5.41, 5.74) is 1.20. The van der Waals surface area contributed by atoms with E-state index in [0.717, 1.165) is 82.6 Å². The lowest BCUT2D eigenvalue weighted by Gasteiger charge is -2.39. The lowest BCUT2D eigenvalue weighted by molar-refractivity contribution is 0.0346. The van der Waals surface area contributed by atoms with Gasteiger partial charge < -0.3 is 23.8 Å². The molecule has 0 saturated carbocycles. The van der Waals surface area contributed by atoms with Crippen LogP contribution in [0.1, 0.15) is 24.3 Å². The molecule has 3 heterocycles. The van der Waals surface area contributed by atoms with Crippen molar-refractivity contribution in [1.82, 2.24) is 9.80 Å². The Balaban J connectivity index is 0.00000171. The average molecular weight is 529 g/mol. The molecule has 2 saturated heterocycles. The predicted octanol–water partition coefficient (Wildman–Crippen LogP) is 4.60. The van der Waals surface area contributed by atoms with E-state index in [1.807, 2.05) is 30.3 Å². The second-order valence-electron chi connectivity index (χ2n) is 9.14. The van der Waals surface area contributed by atoms with Crippen LogP contribution in [0.2, 0.25) is 0 Å². The molecule has 2 atom stereocenters. The maximum atomic E-state index is 13.5. The maximum absolute atomic E-state index is 13.5. The number of hydrogen-bond acceptors (Lipinski definition) is 6. The Morgan fingerprint density at radius 1 is 0.886 bits per heavy atom. The van der Waals surface area contributed by atoms with E-state index < -0.39 is 0 Å². The molecule has 0 aromatic heterocycles. The number of piperidine rings is 1. The molecule has 0 radical (unpaired) electrons. The molecule has 2 fully saturated rings. The minimum atomic E-state index is -0.188. The molecule has 2 aromatic rings. The van der Waals surface area contributed by atoms with Crippen LogP contribution in [0, 0.1) is 11.7 Å². The van der Waals surface area contributed by atoms with Gasteiger partial charge in [-0.3, -0.25) is 4.90 Å². The van der Waals surface area contributed by atoms with Gasteiger partial charge in [0.05, 0.1) is 19.8 Å². The first-order chi connectivity index (χ1) is 16.2. The molecule has 9 heteroatoms. The number of benzene rings is 2. The van der Waals surface area contributed by atoms with E-state index in [4.69, 9.17) is 18.9 Å². The molecule has 3 aliphatic rings. The highest BCUT2D eigenvalue weighted by Crippen LogP contribution is 2.37. The zero-order valence-electron chi connectivity index (χ0n) is 19.9. The molecule has 0 bridgehead atoms. The summed E-state index contributed by atoms with van der Waals surface area (Å²) in [6.07, 6.45) is 2.22. The number of fused-ring (bicyclic) bond motifs is 1. The number of hydrogen-bond donors (Lipinski definition) is 0. The summed E-state index contributed by atoms with van der Waals surface area (Å²) in [6.45, 7) is 8.91. The molecule has 0 aliphatic carbocycles. The number of ether oxygens (including phenoxy) is 4. The van der Waals surface area contributed by atoms with Crippen LogP contribution in [0.25, 0.3) is 0 Å². The first-order valence-electron chi connectivity index (χ1n) is 12.0. The molecule has 3 aliphatic heterocycles. The highest BCUT2D eigenvalue weighted by molar-refractivity contribution is 5.85. The molecule has 194 valence electrons. The van der Waals surface area contributed by atoms with Crippen molar-refractivity contribution in [2.45, 2.75) is 18.8 Å². The first kappa shape index (κ1) is 27.8. The Labute approximate surface area is 219 Å². The Morgan fingerprint density at radius 2 is 1.63 bits per heavy atom. The molecule has 2 aromatic carbocycles. The quantitative estimate of drug-likeness (QED) is 0.498. The van der Waals surface area contributed by atoms with Crippen LogP contribution in [0.4, 0.5) is 4.39 Å². The highest BCUT2D eigenvalue weighted by atomic mass is 35.5. The molecule has 0 N–H and O–H groups in total. The van der Waals surface area contributed by atoms with E-state index in [1.54, 1.807) is 12.1 Å². The van der Waals surface area contributed by atoms with Crippen molar-refractivity contribution >= 4 is 24.8 Å². The number of nitrogens with zero attached hydrogens (tertiary/aromatic N) is 2. The molecule has 0 spiro atoms. The summed E-state index contributed by atoms with van der Waals surface area (Å²) in [6, 6.07) is 12.7. The van der Waals surface area contributed by atoms with Gasteiger partial charge in [0.15, 0.2) is 11.5 Å². The summed E-state index contributed by atoms with van der Waals surface area (Å²) >= 11 is 0. The third kappa shape index (κ3) is 7.37. The fourth-order valence-corrected chi connectivity index (χ4v) is 5.14. The van der Waals surface area contributed by atoms with Gasteiger partial charge in [0, 0.05) is 31.6 Å². The van der Waals surface area contributed by atoms with Crippen LogP contribution in [0.3, 0.4) is 0 Å². The number of morpholine rings is 1. The zero-order valence-corrected chi connectivity index (χ0v) is 21.5. The van der Waals surface area contributed by atoms with E-state index in [9.17, 15) is 4.39 Å². The van der Waals surface area contributed by atoms with Crippen molar-refractivity contribution in [3.8, 4) is 17.2 Å². The van der Waals surface area contributed by atoms with Gasteiger partial charge in [0.2, 0.25) is 6.79 Å². The lowest BCUT2D eigenvalue weighted by atomic mass is 9.80. The summed E-state index contributed by atoms with van der Waals surface area (Å²) in [5.74, 6) is 2.79. The van der Waals surface area contributed by atoms with Crippen LogP contribution < -0.4 is 14.2 Å². The highest BCUT2D eigenvalue weighted by Gasteiger charge is 2.31. The summed E-state index contributed by atoms with van der Waals surface area (Å²) in [5, 5.41) is 0. The van der Waals surface area contributed by atoms with E-state index >= 15 is 0 Å². The maximum Gasteiger partial charge on any atom is 0.231 e. The third-order valence-electron chi connectivity index (χ3n) is 6.98. The van der Waals surface area contributed by atoms with Crippen molar-refractivity contribution < 1.29 is 23.3 Å². The van der Waals surface area contributed by atoms with Crippen molar-refractivity contribution in [3.63, 3.8) is 0 Å². The first-order valence-corrected chi connectivity index (χ1v) is 12.0. The van der Waals surface area contributed by atoms with Gasteiger partial charge >= 0.3 is 0 Å². The number of halogens is 3. The van der Waals surface area contributed by atoms with Gasteiger partial charge in [-0.2, -0.15) is 0 Å². The largest absolute Gasteiger partial charge is 0.493 e. The third-order valence-corrected chi connectivity index (χ3v) is 6.98. The minimum Gasteiger partial charge on any atom is -0.493 e. The van der Waals surface area contributed by atoms with E-state index in [-0.39, 0.29) is 37.4 Å². The molecule has 0 amide bonds. The molecule has 5 rings (SSSR count).